The van der Waals surface area contributed by atoms with Crippen molar-refractivity contribution >= 4 is 92.1 Å². The van der Waals surface area contributed by atoms with E-state index >= 15 is 0 Å². The number of hydrogen-bond acceptors (Lipinski definition) is 18. The first-order valence-corrected chi connectivity index (χ1v) is 23.2. The minimum atomic E-state index is -1.77. The van der Waals surface area contributed by atoms with E-state index in [1.807, 2.05) is 0 Å². The topological polar surface area (TPSA) is 375 Å². The number of carboxylic acid groups (broad SMARTS) is 8. The van der Waals surface area contributed by atoms with Crippen molar-refractivity contribution < 1.29 is 335 Å². The minimum absolute atomic E-state index is 0. The van der Waals surface area contributed by atoms with Gasteiger partial charge in [0, 0.05) is 47.3 Å². The van der Waals surface area contributed by atoms with Crippen LogP contribution in [0.15, 0.2) is 68.9 Å². The average molecular weight is 1210 g/mol. The van der Waals surface area contributed by atoms with E-state index in [1.165, 1.54) is 24.3 Å². The normalized spacial score (nSPS) is 24.0. The van der Waals surface area contributed by atoms with E-state index in [0.29, 0.717) is 0 Å². The molecule has 3 aromatic rings. The van der Waals surface area contributed by atoms with E-state index in [4.69, 9.17) is 19.9 Å². The first-order valence-electron chi connectivity index (χ1n) is 23.2. The molecule has 0 saturated heterocycles. The Morgan fingerprint density at radius 3 is 0.605 bits per heavy atom. The third kappa shape index (κ3) is 10.8. The molecule has 17 rings (SSSR count). The summed E-state index contributed by atoms with van der Waals surface area (Å²) in [7, 11) is 0. The predicted molar refractivity (Wildman–Crippen MR) is 223 cm³/mol. The third-order valence-electron chi connectivity index (χ3n) is 16.9. The zero-order valence-corrected chi connectivity index (χ0v) is 64.6. The van der Waals surface area contributed by atoms with Gasteiger partial charge in [0.25, 0.3) is 0 Å². The van der Waals surface area contributed by atoms with Crippen molar-refractivity contribution in [2.45, 2.75) is 75.0 Å². The van der Waals surface area contributed by atoms with E-state index in [-0.39, 0.29) is 397 Å². The summed E-state index contributed by atoms with van der Waals surface area (Å²) in [5, 5.41) is 103. The standard InChI is InChI=1S/C52H38N4O16.8Na.Zn/c57-45(58)37-13-1-2-14(38(37)46(59)60)30-22-10-24-32-16-5-6-18(42(50(67)68)40(16)48(63)64)34(32)26(55-24)12-28-36-20-8-7-19(43(51(69)70)44(20)52(71)72)35(36)27(56-28)11-25-33-17-4-3-15(39(47(61)62)41(17)49(65)66)31(33)23(54-25)9-21(53-22)29(13)30;;;;;;;;;/h9-20H,1-8H2,(H10,53,54,55,56,57,58,59,60,61,62,63,64,65,66,67,68,69,70,71,72);;;;;;;;;/q;8*+1;+2/p-10. The van der Waals surface area contributed by atoms with E-state index in [0.717, 1.165) is 0 Å². The van der Waals surface area contributed by atoms with Crippen LogP contribution in [-0.4, -0.2) is 57.7 Å². The Kier molecular flexibility index (Phi) is 24.4. The molecule has 8 unspecified atom stereocenters. The molecule has 0 saturated carbocycles. The van der Waals surface area contributed by atoms with E-state index in [2.05, 4.69) is 0 Å². The Balaban J connectivity index is 0.00000157. The quantitative estimate of drug-likeness (QED) is 0.189. The molecule has 2 aliphatic heterocycles. The monoisotopic (exact) mass is 1210 g/mol. The van der Waals surface area contributed by atoms with Crippen molar-refractivity contribution in [3.05, 3.63) is 114 Å². The number of aliphatic carboxylic acids is 8. The SMILES string of the molecule is O=C([O-])C1=C(C(=O)[O-])C2CCC1C1=C2c2cc3[n-]c(cc4nc(cc5[n-]c(cc1n2)c1c5C2CCC1C(C(=O)[O-])=C2C(=O)[O-])C1=C4C2CCC1C(C(=O)[O-])=C2C(=O)[O-])c1c3C2CCC1C(C(=O)[O-])=C2C(=O)[O-].[Na+].[Na+].[Na+].[Na+].[Na+].[Na+].[Na+].[Na+].[Zn+2]. The maximum Gasteiger partial charge on any atom is 2.00 e. The Labute approximate surface area is 649 Å². The molecule has 16 bridgehead atoms. The van der Waals surface area contributed by atoms with Crippen LogP contribution in [0.3, 0.4) is 0 Å². The molecule has 8 atom stereocenters. The van der Waals surface area contributed by atoms with Crippen molar-refractivity contribution in [3.8, 4) is 0 Å². The van der Waals surface area contributed by atoms with Gasteiger partial charge in [0.2, 0.25) is 0 Å². The summed E-state index contributed by atoms with van der Waals surface area (Å²) in [4.78, 5) is 123. The maximum atomic E-state index is 12.9. The number of hydrogen-bond donors (Lipinski definition) is 0. The molecule has 0 spiro atoms. The Hall–Kier alpha value is -0.0566. The Morgan fingerprint density at radius 1 is 0.296 bits per heavy atom. The van der Waals surface area contributed by atoms with Crippen LogP contribution in [0, 0.1) is 23.7 Å². The number of carbonyl (C=O) groups is 8. The fourth-order valence-electron chi connectivity index (χ4n) is 14.7. The van der Waals surface area contributed by atoms with Crippen molar-refractivity contribution in [2.75, 3.05) is 0 Å². The summed E-state index contributed by atoms with van der Waals surface area (Å²) < 4.78 is 0. The summed E-state index contributed by atoms with van der Waals surface area (Å²) in [5.41, 5.74) is -1.68. The van der Waals surface area contributed by atoms with Gasteiger partial charge in [-0.2, -0.15) is 0 Å². The predicted octanol–water partition coefficient (Wildman–Crippen LogP) is -29.4. The molecule has 20 nitrogen and oxygen atoms in total. The van der Waals surface area contributed by atoms with Gasteiger partial charge < -0.3 is 89.2 Å². The molecule has 12 aliphatic carbocycles. The summed E-state index contributed by atoms with van der Waals surface area (Å²) >= 11 is 0. The van der Waals surface area contributed by atoms with Gasteiger partial charge in [0.15, 0.2) is 0 Å². The summed E-state index contributed by atoms with van der Waals surface area (Å²) in [6.07, 6.45) is 0.930. The van der Waals surface area contributed by atoms with E-state index < -0.39 is 140 Å². The molecule has 362 valence electrons. The zero-order valence-electron chi connectivity index (χ0n) is 45.6. The molecule has 0 N–H and O–H groups in total. The van der Waals surface area contributed by atoms with Crippen molar-refractivity contribution in [1.82, 2.24) is 19.9 Å². The molecule has 81 heavy (non-hydrogen) atoms. The van der Waals surface area contributed by atoms with Crippen LogP contribution in [0.25, 0.3) is 44.4 Å². The van der Waals surface area contributed by atoms with Gasteiger partial charge in [-0.3, -0.25) is 0 Å². The van der Waals surface area contributed by atoms with Gasteiger partial charge in [-0.1, -0.05) is 46.5 Å². The first kappa shape index (κ1) is 73.4. The minimum Gasteiger partial charge on any atom is -0.657 e. The van der Waals surface area contributed by atoms with Crippen LogP contribution in [-0.2, 0) is 57.8 Å². The van der Waals surface area contributed by atoms with Crippen molar-refractivity contribution in [2.24, 2.45) is 23.7 Å². The number of carboxylic acids is 8. The van der Waals surface area contributed by atoms with Gasteiger partial charge in [0.1, 0.15) is 0 Å². The van der Waals surface area contributed by atoms with Gasteiger partial charge in [-0.25, -0.2) is 9.97 Å². The second kappa shape index (κ2) is 27.0. The molecule has 14 aliphatic rings. The number of rotatable bonds is 8. The molecule has 0 fully saturated rings. The number of nitrogens with zero attached hydrogens (tertiary/aromatic N) is 4. The Morgan fingerprint density at radius 2 is 0.444 bits per heavy atom. The van der Waals surface area contributed by atoms with Crippen molar-refractivity contribution in [3.63, 3.8) is 0 Å². The van der Waals surface area contributed by atoms with Crippen LogP contribution in [0.2, 0.25) is 0 Å². The van der Waals surface area contributed by atoms with E-state index in [1.54, 1.807) is 0 Å². The summed E-state index contributed by atoms with van der Waals surface area (Å²) in [6, 6.07) is 5.83. The van der Waals surface area contributed by atoms with Crippen LogP contribution in [0.4, 0.5) is 0 Å². The zero-order chi connectivity index (χ0) is 50.4. The fraction of sp³-hybridized carbons (Fsp3) is 0.308. The van der Waals surface area contributed by atoms with Crippen LogP contribution >= 0.6 is 0 Å². The summed E-state index contributed by atoms with van der Waals surface area (Å²) in [6.45, 7) is 0. The molecule has 0 aromatic carbocycles. The van der Waals surface area contributed by atoms with Crippen LogP contribution in [0.5, 0.6) is 0 Å². The summed E-state index contributed by atoms with van der Waals surface area (Å²) in [5.74, 6) is -23.3. The maximum absolute atomic E-state index is 12.9. The van der Waals surface area contributed by atoms with Crippen LogP contribution in [0.1, 0.15) is 120 Å². The Bertz CT molecular complexity index is 3320. The number of fused-ring (bicyclic) bond motifs is 12. The molecular weight excluding hydrogens is 1190 g/mol. The second-order valence-corrected chi connectivity index (χ2v) is 19.8. The average Bonchev–Trinajstić information content (AvgIpc) is 4.11. The molecule has 0 amide bonds. The van der Waals surface area contributed by atoms with Crippen LogP contribution < -0.4 is 287 Å². The van der Waals surface area contributed by atoms with Crippen molar-refractivity contribution in [1.29, 1.82) is 0 Å². The molecular formula is C52H28N4Na8O16Zn. The van der Waals surface area contributed by atoms with Gasteiger partial charge in [0.05, 0.1) is 70.5 Å². The molecule has 29 heteroatoms. The third-order valence-corrected chi connectivity index (χ3v) is 16.9. The molecule has 0 radical (unpaired) electrons. The number of aromatic nitrogens is 4. The smallest absolute Gasteiger partial charge is 0.657 e. The van der Waals surface area contributed by atoms with Gasteiger partial charge in [-0.05, 0) is 118 Å². The number of carbonyl (C=O) groups excluding carboxylic acids is 8. The molecule has 3 aromatic heterocycles. The number of allylic oxidation sites excluding steroid dienone is 4. The largest absolute Gasteiger partial charge is 2.00 e. The van der Waals surface area contributed by atoms with Gasteiger partial charge >= 0.3 is 256 Å². The second-order valence-electron chi connectivity index (χ2n) is 19.8. The molecule has 5 heterocycles. The first-order chi connectivity index (χ1) is 34.4. The fourth-order valence-corrected chi connectivity index (χ4v) is 14.7. The van der Waals surface area contributed by atoms with E-state index in [9.17, 15) is 79.2 Å². The van der Waals surface area contributed by atoms with Gasteiger partial charge in [-0.15, -0.1) is 22.1 Å².